The summed E-state index contributed by atoms with van der Waals surface area (Å²) in [6.45, 7) is 1.15. The second kappa shape index (κ2) is 2.24. The van der Waals surface area contributed by atoms with Gasteiger partial charge in [0.05, 0.1) is 0 Å². The van der Waals surface area contributed by atoms with Crippen LogP contribution in [0.3, 0.4) is 0 Å². The lowest BCUT2D eigenvalue weighted by atomic mass is 10.1. The molecule has 46 valence electrons. The summed E-state index contributed by atoms with van der Waals surface area (Å²) in [7, 11) is 0. The van der Waals surface area contributed by atoms with Gasteiger partial charge in [0.25, 0.3) is 0 Å². The van der Waals surface area contributed by atoms with Gasteiger partial charge in [0.15, 0.2) is 5.78 Å². The Morgan fingerprint density at radius 2 is 2.50 bits per heavy atom. The zero-order chi connectivity index (χ0) is 5.98. The molecule has 8 heavy (non-hydrogen) atoms. The number of rotatable bonds is 0. The Labute approximate surface area is 47.7 Å². The topological polar surface area (TPSA) is 49.3 Å². The van der Waals surface area contributed by atoms with Crippen molar-refractivity contribution < 1.29 is 9.90 Å². The summed E-state index contributed by atoms with van der Waals surface area (Å²) in [5.74, 6) is -0.0382. The van der Waals surface area contributed by atoms with Crippen LogP contribution < -0.4 is 5.32 Å². The van der Waals surface area contributed by atoms with E-state index in [9.17, 15) is 4.79 Å². The maximum atomic E-state index is 10.5. The van der Waals surface area contributed by atoms with Crippen molar-refractivity contribution in [3.8, 4) is 0 Å². The minimum atomic E-state index is -0.747. The van der Waals surface area contributed by atoms with Gasteiger partial charge < -0.3 is 10.4 Å². The quantitative estimate of drug-likeness (QED) is 0.421. The van der Waals surface area contributed by atoms with Crippen LogP contribution in [0.1, 0.15) is 6.42 Å². The van der Waals surface area contributed by atoms with Gasteiger partial charge in [-0.1, -0.05) is 0 Å². The smallest absolute Gasteiger partial charge is 0.163 e. The number of hydrogen-bond acceptors (Lipinski definition) is 3. The highest BCUT2D eigenvalue weighted by atomic mass is 16.3. The molecule has 1 heterocycles. The molecule has 1 saturated heterocycles. The molecular weight excluding hydrogens is 106 g/mol. The van der Waals surface area contributed by atoms with E-state index in [0.29, 0.717) is 13.0 Å². The first-order chi connectivity index (χ1) is 3.80. The molecule has 0 spiro atoms. The molecule has 0 aromatic carbocycles. The second-order valence-corrected chi connectivity index (χ2v) is 1.94. The van der Waals surface area contributed by atoms with E-state index in [1.807, 2.05) is 0 Å². The molecule has 0 radical (unpaired) electrons. The van der Waals surface area contributed by atoms with Gasteiger partial charge in [-0.25, -0.2) is 0 Å². The molecule has 1 fully saturated rings. The summed E-state index contributed by atoms with van der Waals surface area (Å²) in [5, 5.41) is 11.7. The van der Waals surface area contributed by atoms with Crippen molar-refractivity contribution in [2.24, 2.45) is 0 Å². The summed E-state index contributed by atoms with van der Waals surface area (Å²) in [5.41, 5.74) is 0. The summed E-state index contributed by atoms with van der Waals surface area (Å²) < 4.78 is 0. The van der Waals surface area contributed by atoms with Crippen molar-refractivity contribution in [1.82, 2.24) is 5.32 Å². The molecule has 0 bridgehead atoms. The molecule has 2 N–H and O–H groups in total. The third kappa shape index (κ3) is 1.05. The molecule has 1 atom stereocenters. The maximum absolute atomic E-state index is 10.5. The fourth-order valence-electron chi connectivity index (χ4n) is 0.731. The number of carbonyl (C=O) groups excluding carboxylic acids is 1. The molecule has 0 aromatic rings. The van der Waals surface area contributed by atoms with Gasteiger partial charge >= 0.3 is 0 Å². The molecule has 0 aromatic heterocycles. The summed E-state index contributed by atoms with van der Waals surface area (Å²) in [6.07, 6.45) is -0.273. The third-order valence-electron chi connectivity index (χ3n) is 1.26. The van der Waals surface area contributed by atoms with Crippen molar-refractivity contribution in [2.45, 2.75) is 12.5 Å². The number of piperidine rings is 1. The molecule has 3 heteroatoms. The normalized spacial score (nSPS) is 30.6. The van der Waals surface area contributed by atoms with Gasteiger partial charge in [-0.05, 0) is 0 Å². The van der Waals surface area contributed by atoms with Crippen LogP contribution in [0.15, 0.2) is 0 Å². The highest BCUT2D eigenvalue weighted by Gasteiger charge is 2.17. The SMILES string of the molecule is O=C1CCNC[C@@H]1O. The first kappa shape index (κ1) is 5.72. The van der Waals surface area contributed by atoms with Gasteiger partial charge in [0, 0.05) is 19.5 Å². The highest BCUT2D eigenvalue weighted by molar-refractivity contribution is 5.83. The van der Waals surface area contributed by atoms with Crippen LogP contribution in [0.5, 0.6) is 0 Å². The number of hydrogen-bond donors (Lipinski definition) is 2. The van der Waals surface area contributed by atoms with Gasteiger partial charge in [0.2, 0.25) is 0 Å². The van der Waals surface area contributed by atoms with Crippen molar-refractivity contribution in [3.05, 3.63) is 0 Å². The molecule has 0 amide bonds. The number of β-amino-alcohol motifs (C(OH)–C–C–N with tert-alkyl or cyclic N) is 1. The number of aliphatic hydroxyl groups is 1. The maximum Gasteiger partial charge on any atom is 0.163 e. The second-order valence-electron chi connectivity index (χ2n) is 1.94. The van der Waals surface area contributed by atoms with Crippen molar-refractivity contribution in [2.75, 3.05) is 13.1 Å². The van der Waals surface area contributed by atoms with Crippen LogP contribution in [-0.2, 0) is 4.79 Å². The Morgan fingerprint density at radius 3 is 2.88 bits per heavy atom. The molecule has 1 aliphatic heterocycles. The predicted octanol–water partition coefficient (Wildman–Crippen LogP) is -1.09. The van der Waals surface area contributed by atoms with Gasteiger partial charge in [-0.3, -0.25) is 4.79 Å². The van der Waals surface area contributed by atoms with E-state index in [2.05, 4.69) is 5.32 Å². The lowest BCUT2D eigenvalue weighted by Crippen LogP contribution is -2.40. The van der Waals surface area contributed by atoms with Gasteiger partial charge in [-0.15, -0.1) is 0 Å². The zero-order valence-corrected chi connectivity index (χ0v) is 4.55. The van der Waals surface area contributed by atoms with Crippen LogP contribution >= 0.6 is 0 Å². The molecular formula is C5H9NO2. The Balaban J connectivity index is 2.39. The molecule has 1 rings (SSSR count). The zero-order valence-electron chi connectivity index (χ0n) is 4.55. The number of nitrogens with one attached hydrogen (secondary N) is 1. The Kier molecular flexibility index (Phi) is 1.60. The van der Waals surface area contributed by atoms with E-state index < -0.39 is 6.10 Å². The minimum absolute atomic E-state index is 0.0382. The van der Waals surface area contributed by atoms with Gasteiger partial charge in [-0.2, -0.15) is 0 Å². The fraction of sp³-hybridized carbons (Fsp3) is 0.800. The highest BCUT2D eigenvalue weighted by Crippen LogP contribution is 1.94. The molecule has 1 aliphatic rings. The first-order valence-corrected chi connectivity index (χ1v) is 2.72. The first-order valence-electron chi connectivity index (χ1n) is 2.72. The summed E-state index contributed by atoms with van der Waals surface area (Å²) in [6, 6.07) is 0. The monoisotopic (exact) mass is 115 g/mol. The van der Waals surface area contributed by atoms with E-state index in [-0.39, 0.29) is 5.78 Å². The largest absolute Gasteiger partial charge is 0.384 e. The average Bonchev–Trinajstić information content (AvgIpc) is 1.77. The van der Waals surface area contributed by atoms with Crippen molar-refractivity contribution in [3.63, 3.8) is 0 Å². The molecule has 0 aliphatic carbocycles. The number of carbonyl (C=O) groups is 1. The molecule has 3 nitrogen and oxygen atoms in total. The van der Waals surface area contributed by atoms with E-state index in [0.717, 1.165) is 6.54 Å². The van der Waals surface area contributed by atoms with Crippen LogP contribution in [0.4, 0.5) is 0 Å². The number of ketones is 1. The Bertz CT molecular complexity index is 103. The van der Waals surface area contributed by atoms with E-state index in [1.54, 1.807) is 0 Å². The lowest BCUT2D eigenvalue weighted by molar-refractivity contribution is -0.128. The standard InChI is InChI=1S/C5H9NO2/c7-4-1-2-6-3-5(4)8/h5-6,8H,1-3H2/t5-/m0/s1. The van der Waals surface area contributed by atoms with E-state index in [1.165, 1.54) is 0 Å². The fourth-order valence-corrected chi connectivity index (χ4v) is 0.731. The van der Waals surface area contributed by atoms with Crippen molar-refractivity contribution >= 4 is 5.78 Å². The molecule has 0 saturated carbocycles. The molecule has 0 unspecified atom stereocenters. The summed E-state index contributed by atoms with van der Waals surface area (Å²) >= 11 is 0. The average molecular weight is 115 g/mol. The van der Waals surface area contributed by atoms with Crippen LogP contribution in [0.25, 0.3) is 0 Å². The van der Waals surface area contributed by atoms with E-state index >= 15 is 0 Å². The predicted molar refractivity (Wildman–Crippen MR) is 28.5 cm³/mol. The number of aliphatic hydroxyl groups excluding tert-OH is 1. The van der Waals surface area contributed by atoms with Gasteiger partial charge in [0.1, 0.15) is 6.10 Å². The number of Topliss-reactive ketones (excluding diaryl/α,β-unsaturated/α-hetero) is 1. The lowest BCUT2D eigenvalue weighted by Gasteiger charge is -2.15. The van der Waals surface area contributed by atoms with E-state index in [4.69, 9.17) is 5.11 Å². The Hall–Kier alpha value is -0.410. The van der Waals surface area contributed by atoms with Crippen LogP contribution in [0.2, 0.25) is 0 Å². The van der Waals surface area contributed by atoms with Crippen LogP contribution in [-0.4, -0.2) is 30.1 Å². The third-order valence-corrected chi connectivity index (χ3v) is 1.26. The minimum Gasteiger partial charge on any atom is -0.384 e. The summed E-state index contributed by atoms with van der Waals surface area (Å²) in [4.78, 5) is 10.5. The Morgan fingerprint density at radius 1 is 1.75 bits per heavy atom. The van der Waals surface area contributed by atoms with Crippen LogP contribution in [0, 0.1) is 0 Å². The van der Waals surface area contributed by atoms with Crippen molar-refractivity contribution in [1.29, 1.82) is 0 Å².